The summed E-state index contributed by atoms with van der Waals surface area (Å²) in [5.41, 5.74) is 0. The lowest BCUT2D eigenvalue weighted by atomic mass is 10.2. The van der Waals surface area contributed by atoms with Crippen LogP contribution >= 0.6 is 0 Å². The van der Waals surface area contributed by atoms with Crippen molar-refractivity contribution in [2.75, 3.05) is 30.9 Å². The van der Waals surface area contributed by atoms with E-state index in [0.717, 1.165) is 10.6 Å². The van der Waals surface area contributed by atoms with Gasteiger partial charge in [0.1, 0.15) is 15.9 Å². The Balaban J connectivity index is 2.79. The number of piperazine rings is 1. The van der Waals surface area contributed by atoms with E-state index in [9.17, 15) is 21.6 Å². The highest BCUT2D eigenvalue weighted by molar-refractivity contribution is 7.93. The molecule has 1 aliphatic heterocycles. The minimum atomic E-state index is -3.71. The molecule has 7 nitrogen and oxygen atoms in total. The summed E-state index contributed by atoms with van der Waals surface area (Å²) in [6.45, 7) is 1.91. The molecular weight excluding hydrogens is 268 g/mol. The van der Waals surface area contributed by atoms with Gasteiger partial charge in [-0.2, -0.15) is 4.31 Å². The van der Waals surface area contributed by atoms with Crippen LogP contribution < -0.4 is 5.32 Å². The molecule has 1 rings (SSSR count). The van der Waals surface area contributed by atoms with E-state index in [0.29, 0.717) is 0 Å². The van der Waals surface area contributed by atoms with E-state index in [1.165, 1.54) is 6.92 Å². The molecule has 0 aromatic rings. The zero-order chi connectivity index (χ0) is 13.3. The van der Waals surface area contributed by atoms with Gasteiger partial charge in [-0.1, -0.05) is 0 Å². The Morgan fingerprint density at radius 3 is 2.41 bits per heavy atom. The highest BCUT2D eigenvalue weighted by Gasteiger charge is 2.34. The van der Waals surface area contributed by atoms with Crippen molar-refractivity contribution >= 4 is 25.8 Å². The number of carbonyl (C=O) groups is 1. The zero-order valence-electron chi connectivity index (χ0n) is 9.71. The normalized spacial score (nSPS) is 23.4. The molecule has 0 aromatic heterocycles. The zero-order valence-corrected chi connectivity index (χ0v) is 11.3. The molecule has 100 valence electrons. The number of hydrogen-bond donors (Lipinski definition) is 1. The van der Waals surface area contributed by atoms with Crippen LogP contribution in [0.1, 0.15) is 6.92 Å². The third-order valence-electron chi connectivity index (χ3n) is 2.51. The topological polar surface area (TPSA) is 101 Å². The van der Waals surface area contributed by atoms with Gasteiger partial charge in [-0.05, 0) is 6.92 Å². The van der Waals surface area contributed by atoms with Crippen LogP contribution in [-0.2, 0) is 24.7 Å². The molecule has 1 saturated heterocycles. The summed E-state index contributed by atoms with van der Waals surface area (Å²) in [6.07, 6.45) is 0.981. The largest absolute Gasteiger partial charge is 0.353 e. The summed E-state index contributed by atoms with van der Waals surface area (Å²) in [5.74, 6) is -1.27. The summed E-state index contributed by atoms with van der Waals surface area (Å²) >= 11 is 0. The first kappa shape index (κ1) is 14.4. The average Bonchev–Trinajstić information content (AvgIpc) is 2.18. The molecular formula is C8H16N2O5S2. The van der Waals surface area contributed by atoms with Crippen molar-refractivity contribution < 1.29 is 21.6 Å². The molecule has 1 fully saturated rings. The van der Waals surface area contributed by atoms with Gasteiger partial charge in [0.25, 0.3) is 0 Å². The number of hydrogen-bond acceptors (Lipinski definition) is 5. The Bertz CT molecular complexity index is 496. The predicted octanol–water partition coefficient (Wildman–Crippen LogP) is -1.82. The molecule has 9 heteroatoms. The van der Waals surface area contributed by atoms with Gasteiger partial charge in [-0.15, -0.1) is 0 Å². The smallest absolute Gasteiger partial charge is 0.238 e. The lowest BCUT2D eigenvalue weighted by Crippen LogP contribution is -2.56. The van der Waals surface area contributed by atoms with Gasteiger partial charge >= 0.3 is 0 Å². The first-order valence-corrected chi connectivity index (χ1v) is 8.75. The third kappa shape index (κ3) is 3.93. The van der Waals surface area contributed by atoms with Crippen LogP contribution in [0.25, 0.3) is 0 Å². The maximum atomic E-state index is 11.9. The molecule has 0 saturated carbocycles. The van der Waals surface area contributed by atoms with Crippen LogP contribution in [0.2, 0.25) is 0 Å². The Labute approximate surface area is 101 Å². The second-order valence-electron chi connectivity index (χ2n) is 4.02. The summed E-state index contributed by atoms with van der Waals surface area (Å²) in [4.78, 5) is 11.3. The Hall–Kier alpha value is -0.670. The van der Waals surface area contributed by atoms with Gasteiger partial charge in [0, 0.05) is 19.3 Å². The predicted molar refractivity (Wildman–Crippen MR) is 62.7 cm³/mol. The number of amides is 1. The highest BCUT2D eigenvalue weighted by atomic mass is 32.2. The molecule has 17 heavy (non-hydrogen) atoms. The van der Waals surface area contributed by atoms with Crippen LogP contribution in [-0.4, -0.2) is 63.9 Å². The van der Waals surface area contributed by atoms with Gasteiger partial charge in [-0.25, -0.2) is 16.8 Å². The summed E-state index contributed by atoms with van der Waals surface area (Å²) in [7, 11) is -7.04. The van der Waals surface area contributed by atoms with E-state index < -0.39 is 37.4 Å². The van der Waals surface area contributed by atoms with E-state index in [1.54, 1.807) is 0 Å². The monoisotopic (exact) mass is 284 g/mol. The summed E-state index contributed by atoms with van der Waals surface area (Å²) in [6, 6.07) is -0.784. The van der Waals surface area contributed by atoms with E-state index in [1.807, 2.05) is 0 Å². The third-order valence-corrected chi connectivity index (χ3v) is 5.65. The second kappa shape index (κ2) is 4.91. The molecule has 1 aliphatic rings. The van der Waals surface area contributed by atoms with Crippen LogP contribution in [0, 0.1) is 0 Å². The van der Waals surface area contributed by atoms with Gasteiger partial charge in [0.15, 0.2) is 0 Å². The maximum absolute atomic E-state index is 11.9. The van der Waals surface area contributed by atoms with Crippen molar-refractivity contribution in [3.63, 3.8) is 0 Å². The highest BCUT2D eigenvalue weighted by Crippen LogP contribution is 2.11. The fraction of sp³-hybridized carbons (Fsp3) is 0.875. The van der Waals surface area contributed by atoms with E-state index in [4.69, 9.17) is 0 Å². The van der Waals surface area contributed by atoms with Gasteiger partial charge in [-0.3, -0.25) is 4.79 Å². The van der Waals surface area contributed by atoms with Crippen molar-refractivity contribution in [1.29, 1.82) is 0 Å². The van der Waals surface area contributed by atoms with Crippen molar-refractivity contribution in [2.24, 2.45) is 0 Å². The number of rotatable bonds is 4. The molecule has 0 radical (unpaired) electrons. The quantitative estimate of drug-likeness (QED) is 0.655. The standard InChI is InChI=1S/C8H16N2O5S2/c1-7-8(11)9-3-4-10(7)17(14,15)6-5-16(2,12)13/h7H,3-6H2,1-2H3,(H,9,11). The number of nitrogens with one attached hydrogen (secondary N) is 1. The molecule has 1 amide bonds. The van der Waals surface area contributed by atoms with Crippen molar-refractivity contribution in [3.05, 3.63) is 0 Å². The molecule has 1 heterocycles. The van der Waals surface area contributed by atoms with E-state index in [2.05, 4.69) is 5.32 Å². The van der Waals surface area contributed by atoms with Gasteiger partial charge < -0.3 is 5.32 Å². The molecule has 0 bridgehead atoms. The summed E-state index contributed by atoms with van der Waals surface area (Å²) in [5, 5.41) is 2.54. The molecule has 0 spiro atoms. The lowest BCUT2D eigenvalue weighted by molar-refractivity contribution is -0.126. The fourth-order valence-electron chi connectivity index (χ4n) is 1.52. The van der Waals surface area contributed by atoms with E-state index in [-0.39, 0.29) is 19.0 Å². The van der Waals surface area contributed by atoms with Gasteiger partial charge in [0.05, 0.1) is 11.5 Å². The van der Waals surface area contributed by atoms with Crippen LogP contribution in [0.3, 0.4) is 0 Å². The number of sulfone groups is 1. The Kier molecular flexibility index (Phi) is 4.15. The first-order chi connectivity index (χ1) is 7.63. The second-order valence-corrected chi connectivity index (χ2v) is 8.32. The first-order valence-electron chi connectivity index (χ1n) is 5.08. The van der Waals surface area contributed by atoms with Crippen molar-refractivity contribution in [3.8, 4) is 0 Å². The molecule has 0 aliphatic carbocycles. The Morgan fingerprint density at radius 1 is 1.29 bits per heavy atom. The number of sulfonamides is 1. The minimum Gasteiger partial charge on any atom is -0.353 e. The van der Waals surface area contributed by atoms with E-state index >= 15 is 0 Å². The molecule has 0 aromatic carbocycles. The SMILES string of the molecule is CC1C(=O)NCCN1S(=O)(=O)CCS(C)(=O)=O. The lowest BCUT2D eigenvalue weighted by Gasteiger charge is -2.31. The fourth-order valence-corrected chi connectivity index (χ4v) is 4.75. The van der Waals surface area contributed by atoms with Crippen molar-refractivity contribution in [2.45, 2.75) is 13.0 Å². The molecule has 1 N–H and O–H groups in total. The number of carbonyl (C=O) groups excluding carboxylic acids is 1. The maximum Gasteiger partial charge on any atom is 0.238 e. The number of nitrogens with zero attached hydrogens (tertiary/aromatic N) is 1. The molecule has 1 atom stereocenters. The Morgan fingerprint density at radius 2 is 1.88 bits per heavy atom. The van der Waals surface area contributed by atoms with Crippen LogP contribution in [0.5, 0.6) is 0 Å². The van der Waals surface area contributed by atoms with Crippen molar-refractivity contribution in [1.82, 2.24) is 9.62 Å². The minimum absolute atomic E-state index is 0.180. The summed E-state index contributed by atoms with van der Waals surface area (Å²) < 4.78 is 46.7. The average molecular weight is 284 g/mol. The van der Waals surface area contributed by atoms with Crippen LogP contribution in [0.15, 0.2) is 0 Å². The van der Waals surface area contributed by atoms with Gasteiger partial charge in [0.2, 0.25) is 15.9 Å². The van der Waals surface area contributed by atoms with Crippen LogP contribution in [0.4, 0.5) is 0 Å². The molecule has 1 unspecified atom stereocenters.